The van der Waals surface area contributed by atoms with E-state index in [0.29, 0.717) is 10.7 Å². The van der Waals surface area contributed by atoms with Gasteiger partial charge in [0.05, 0.1) is 12.1 Å². The Balaban J connectivity index is 2.79. The number of rotatable bonds is 1. The predicted molar refractivity (Wildman–Crippen MR) is 60.2 cm³/mol. The van der Waals surface area contributed by atoms with Gasteiger partial charge in [-0.15, -0.1) is 0 Å². The molecule has 3 nitrogen and oxygen atoms in total. The first-order valence-corrected chi connectivity index (χ1v) is 4.89. The van der Waals surface area contributed by atoms with E-state index in [9.17, 15) is 4.79 Å². The summed E-state index contributed by atoms with van der Waals surface area (Å²) in [7, 11) is 1.31. The number of halogens is 2. The van der Waals surface area contributed by atoms with Crippen molar-refractivity contribution < 1.29 is 9.53 Å². The number of nitrogens with one attached hydrogen (secondary N) is 1. The fourth-order valence-corrected chi connectivity index (χ4v) is 1.26. The first-order valence-electron chi connectivity index (χ1n) is 3.43. The molecule has 0 aliphatic rings. The lowest BCUT2D eigenvalue weighted by Gasteiger charge is -2.04. The SMILES string of the molecule is COC(=O)Nc1ccc(I)c(Cl)c1. The monoisotopic (exact) mass is 311 g/mol. The summed E-state index contributed by atoms with van der Waals surface area (Å²) in [5, 5.41) is 3.12. The van der Waals surface area contributed by atoms with E-state index in [0.717, 1.165) is 3.57 Å². The van der Waals surface area contributed by atoms with E-state index in [4.69, 9.17) is 11.6 Å². The van der Waals surface area contributed by atoms with E-state index < -0.39 is 6.09 Å². The maximum absolute atomic E-state index is 10.8. The lowest BCUT2D eigenvalue weighted by molar-refractivity contribution is 0.187. The zero-order valence-electron chi connectivity index (χ0n) is 6.80. The topological polar surface area (TPSA) is 38.3 Å². The number of benzene rings is 1. The highest BCUT2D eigenvalue weighted by molar-refractivity contribution is 14.1. The second kappa shape index (κ2) is 4.66. The number of anilines is 1. The molecule has 0 saturated heterocycles. The van der Waals surface area contributed by atoms with Gasteiger partial charge in [-0.2, -0.15) is 0 Å². The predicted octanol–water partition coefficient (Wildman–Crippen LogP) is 3.12. The van der Waals surface area contributed by atoms with Crippen molar-refractivity contribution in [3.8, 4) is 0 Å². The van der Waals surface area contributed by atoms with Crippen LogP contribution in [0.25, 0.3) is 0 Å². The van der Waals surface area contributed by atoms with Gasteiger partial charge in [0.15, 0.2) is 0 Å². The standard InChI is InChI=1S/C8H7ClINO2/c1-13-8(12)11-5-2-3-7(10)6(9)4-5/h2-4H,1H3,(H,11,12). The van der Waals surface area contributed by atoms with Crippen LogP contribution in [0.15, 0.2) is 18.2 Å². The molecule has 0 aliphatic heterocycles. The molecule has 13 heavy (non-hydrogen) atoms. The van der Waals surface area contributed by atoms with E-state index in [1.165, 1.54) is 7.11 Å². The lowest BCUT2D eigenvalue weighted by Crippen LogP contribution is -2.10. The largest absolute Gasteiger partial charge is 0.453 e. The number of carbonyl (C=O) groups is 1. The van der Waals surface area contributed by atoms with Gasteiger partial charge in [-0.25, -0.2) is 4.79 Å². The molecule has 0 spiro atoms. The molecule has 1 aromatic carbocycles. The van der Waals surface area contributed by atoms with Crippen LogP contribution in [0.5, 0.6) is 0 Å². The number of hydrogen-bond donors (Lipinski definition) is 1. The maximum atomic E-state index is 10.8. The number of methoxy groups -OCH3 is 1. The zero-order valence-corrected chi connectivity index (χ0v) is 9.72. The third-order valence-corrected chi connectivity index (χ3v) is 2.92. The van der Waals surface area contributed by atoms with Crippen molar-refractivity contribution in [3.63, 3.8) is 0 Å². The van der Waals surface area contributed by atoms with Crippen LogP contribution in [0.1, 0.15) is 0 Å². The summed E-state index contributed by atoms with van der Waals surface area (Å²) in [6, 6.07) is 5.24. The van der Waals surface area contributed by atoms with E-state index in [1.807, 2.05) is 6.07 Å². The van der Waals surface area contributed by atoms with Gasteiger partial charge in [-0.3, -0.25) is 5.32 Å². The molecule has 5 heteroatoms. The van der Waals surface area contributed by atoms with Crippen molar-refractivity contribution in [1.82, 2.24) is 0 Å². The van der Waals surface area contributed by atoms with Crippen molar-refractivity contribution in [2.45, 2.75) is 0 Å². The van der Waals surface area contributed by atoms with Gasteiger partial charge >= 0.3 is 6.09 Å². The van der Waals surface area contributed by atoms with Gasteiger partial charge in [0.1, 0.15) is 0 Å². The minimum absolute atomic E-state index is 0.503. The van der Waals surface area contributed by atoms with Crippen molar-refractivity contribution in [1.29, 1.82) is 0 Å². The fraction of sp³-hybridized carbons (Fsp3) is 0.125. The van der Waals surface area contributed by atoms with Crippen LogP contribution < -0.4 is 5.32 Å². The summed E-state index contributed by atoms with van der Waals surface area (Å²) in [6.07, 6.45) is -0.503. The van der Waals surface area contributed by atoms with E-state index in [1.54, 1.807) is 12.1 Å². The Morgan fingerprint density at radius 1 is 1.62 bits per heavy atom. The van der Waals surface area contributed by atoms with Crippen LogP contribution in [-0.2, 0) is 4.74 Å². The number of hydrogen-bond acceptors (Lipinski definition) is 2. The van der Waals surface area contributed by atoms with Crippen molar-refractivity contribution in [2.75, 3.05) is 12.4 Å². The smallest absolute Gasteiger partial charge is 0.411 e. The van der Waals surface area contributed by atoms with Gasteiger partial charge in [0, 0.05) is 9.26 Å². The fourth-order valence-electron chi connectivity index (χ4n) is 0.743. The van der Waals surface area contributed by atoms with Gasteiger partial charge in [0.25, 0.3) is 0 Å². The Kier molecular flexibility index (Phi) is 3.80. The zero-order chi connectivity index (χ0) is 9.84. The molecule has 1 aromatic rings. The van der Waals surface area contributed by atoms with E-state index in [-0.39, 0.29) is 0 Å². The van der Waals surface area contributed by atoms with Gasteiger partial charge in [0.2, 0.25) is 0 Å². The van der Waals surface area contributed by atoms with Crippen molar-refractivity contribution in [3.05, 3.63) is 26.8 Å². The molecule has 1 amide bonds. The lowest BCUT2D eigenvalue weighted by atomic mass is 10.3. The molecule has 0 radical (unpaired) electrons. The molecule has 0 saturated carbocycles. The first-order chi connectivity index (χ1) is 6.13. The normalized spacial score (nSPS) is 9.46. The van der Waals surface area contributed by atoms with E-state index >= 15 is 0 Å². The van der Waals surface area contributed by atoms with Gasteiger partial charge in [-0.1, -0.05) is 11.6 Å². The third kappa shape index (κ3) is 3.04. The number of amides is 1. The Morgan fingerprint density at radius 2 is 2.31 bits per heavy atom. The molecule has 0 atom stereocenters. The average Bonchev–Trinajstić information content (AvgIpc) is 2.11. The minimum atomic E-state index is -0.503. The molecule has 70 valence electrons. The molecule has 0 aromatic heterocycles. The summed E-state index contributed by atoms with van der Waals surface area (Å²) in [4.78, 5) is 10.8. The Bertz CT molecular complexity index is 330. The molecule has 0 bridgehead atoms. The molecule has 1 N–H and O–H groups in total. The minimum Gasteiger partial charge on any atom is -0.453 e. The average molecular weight is 312 g/mol. The molecular weight excluding hydrogens is 304 g/mol. The van der Waals surface area contributed by atoms with Crippen molar-refractivity contribution >= 4 is 46.0 Å². The highest BCUT2D eigenvalue weighted by Crippen LogP contribution is 2.22. The second-order valence-electron chi connectivity index (χ2n) is 2.25. The summed E-state index contributed by atoms with van der Waals surface area (Å²) in [6.45, 7) is 0. The molecule has 0 aliphatic carbocycles. The molecule has 0 fully saturated rings. The number of carbonyl (C=O) groups excluding carboxylic acids is 1. The maximum Gasteiger partial charge on any atom is 0.411 e. The molecule has 0 heterocycles. The number of ether oxygens (including phenoxy) is 1. The molecular formula is C8H7ClINO2. The Morgan fingerprint density at radius 3 is 2.85 bits per heavy atom. The highest BCUT2D eigenvalue weighted by atomic mass is 127. The Labute approximate surface area is 94.6 Å². The van der Waals surface area contributed by atoms with Crippen LogP contribution in [0.3, 0.4) is 0 Å². The summed E-state index contributed by atoms with van der Waals surface area (Å²) in [5.74, 6) is 0. The van der Waals surface area contributed by atoms with E-state index in [2.05, 4.69) is 32.6 Å². The summed E-state index contributed by atoms with van der Waals surface area (Å²) in [5.41, 5.74) is 0.622. The quantitative estimate of drug-likeness (QED) is 0.809. The second-order valence-corrected chi connectivity index (χ2v) is 3.81. The van der Waals surface area contributed by atoms with Crippen LogP contribution >= 0.6 is 34.2 Å². The first kappa shape index (κ1) is 10.6. The summed E-state index contributed by atoms with van der Waals surface area (Å²) >= 11 is 7.95. The van der Waals surface area contributed by atoms with Crippen LogP contribution in [0.4, 0.5) is 10.5 Å². The van der Waals surface area contributed by atoms with Crippen LogP contribution in [0, 0.1) is 3.57 Å². The van der Waals surface area contributed by atoms with Gasteiger partial charge in [-0.05, 0) is 40.8 Å². The summed E-state index contributed by atoms with van der Waals surface area (Å²) < 4.78 is 5.37. The molecule has 1 rings (SSSR count). The third-order valence-electron chi connectivity index (χ3n) is 1.35. The molecule has 0 unspecified atom stereocenters. The van der Waals surface area contributed by atoms with Crippen LogP contribution in [-0.4, -0.2) is 13.2 Å². The van der Waals surface area contributed by atoms with Gasteiger partial charge < -0.3 is 4.74 Å². The Hall–Kier alpha value is -0.490. The highest BCUT2D eigenvalue weighted by Gasteiger charge is 2.02. The van der Waals surface area contributed by atoms with Crippen LogP contribution in [0.2, 0.25) is 5.02 Å². The van der Waals surface area contributed by atoms with Crippen molar-refractivity contribution in [2.24, 2.45) is 0 Å².